The Labute approximate surface area is 190 Å². The summed E-state index contributed by atoms with van der Waals surface area (Å²) in [7, 11) is 2.90. The van der Waals surface area contributed by atoms with Gasteiger partial charge in [-0.2, -0.15) is 0 Å². The van der Waals surface area contributed by atoms with Crippen LogP contribution in [0.1, 0.15) is 22.7 Å². The van der Waals surface area contributed by atoms with Crippen molar-refractivity contribution in [3.8, 4) is 17.2 Å². The summed E-state index contributed by atoms with van der Waals surface area (Å²) in [5.74, 6) is -1.27. The number of aromatic nitrogens is 1. The molecule has 168 valence electrons. The van der Waals surface area contributed by atoms with Crippen molar-refractivity contribution in [3.05, 3.63) is 89.3 Å². The molecule has 0 unspecified atom stereocenters. The maximum absolute atomic E-state index is 13.1. The van der Waals surface area contributed by atoms with Gasteiger partial charge in [0.1, 0.15) is 11.5 Å². The number of nitrogens with zero attached hydrogens (tertiary/aromatic N) is 2. The molecular weight excluding hydrogens is 424 g/mol. The van der Waals surface area contributed by atoms with Crippen molar-refractivity contribution in [2.75, 3.05) is 14.2 Å². The summed E-state index contributed by atoms with van der Waals surface area (Å²) in [6, 6.07) is 13.7. The molecule has 0 saturated carbocycles. The first-order valence-corrected chi connectivity index (χ1v) is 10.1. The maximum Gasteiger partial charge on any atom is 0.295 e. The molecule has 3 aromatic rings. The van der Waals surface area contributed by atoms with Gasteiger partial charge in [0, 0.05) is 24.5 Å². The number of carbonyl (C=O) groups is 2. The van der Waals surface area contributed by atoms with Crippen LogP contribution in [0.3, 0.4) is 0 Å². The number of phenolic OH excluding ortho intramolecular Hbond substituents is 1. The largest absolute Gasteiger partial charge is 0.507 e. The minimum atomic E-state index is -0.904. The molecule has 1 saturated heterocycles. The number of rotatable bonds is 6. The van der Waals surface area contributed by atoms with Gasteiger partial charge in [-0.15, -0.1) is 0 Å². The third-order valence-corrected chi connectivity index (χ3v) is 5.50. The second kappa shape index (κ2) is 9.04. The fraction of sp³-hybridized carbons (Fsp3) is 0.160. The molecule has 1 aromatic heterocycles. The predicted molar refractivity (Wildman–Crippen MR) is 120 cm³/mol. The van der Waals surface area contributed by atoms with Crippen molar-refractivity contribution < 1.29 is 29.3 Å². The highest BCUT2D eigenvalue weighted by atomic mass is 16.5. The lowest BCUT2D eigenvalue weighted by molar-refractivity contribution is -0.140. The summed E-state index contributed by atoms with van der Waals surface area (Å²) in [5, 5.41) is 21.2. The van der Waals surface area contributed by atoms with Crippen LogP contribution < -0.4 is 9.47 Å². The second-order valence-corrected chi connectivity index (χ2v) is 7.45. The number of carbonyl (C=O) groups excluding carboxylic acids is 2. The average Bonchev–Trinajstić information content (AvgIpc) is 3.09. The fourth-order valence-corrected chi connectivity index (χ4v) is 3.86. The normalized spacial score (nSPS) is 17.3. The van der Waals surface area contributed by atoms with E-state index in [2.05, 4.69) is 4.98 Å². The predicted octanol–water partition coefficient (Wildman–Crippen LogP) is 3.43. The van der Waals surface area contributed by atoms with E-state index in [9.17, 15) is 19.8 Å². The van der Waals surface area contributed by atoms with Gasteiger partial charge in [0.15, 0.2) is 11.5 Å². The van der Waals surface area contributed by atoms with Crippen LogP contribution >= 0.6 is 0 Å². The van der Waals surface area contributed by atoms with Gasteiger partial charge in [0.2, 0.25) is 0 Å². The number of aliphatic hydroxyl groups excluding tert-OH is 1. The molecule has 2 heterocycles. The van der Waals surface area contributed by atoms with E-state index in [1.165, 1.54) is 25.2 Å². The van der Waals surface area contributed by atoms with Gasteiger partial charge < -0.3 is 24.6 Å². The molecule has 8 heteroatoms. The van der Waals surface area contributed by atoms with E-state index in [1.807, 2.05) is 0 Å². The Hall–Kier alpha value is -4.33. The summed E-state index contributed by atoms with van der Waals surface area (Å²) in [4.78, 5) is 31.6. The van der Waals surface area contributed by atoms with Crippen LogP contribution in [0.5, 0.6) is 17.2 Å². The number of aromatic hydroxyl groups is 1. The van der Waals surface area contributed by atoms with Gasteiger partial charge in [0.25, 0.3) is 11.7 Å². The molecule has 33 heavy (non-hydrogen) atoms. The van der Waals surface area contributed by atoms with Crippen LogP contribution in [-0.4, -0.2) is 46.0 Å². The minimum Gasteiger partial charge on any atom is -0.507 e. The fourth-order valence-electron chi connectivity index (χ4n) is 3.86. The van der Waals surface area contributed by atoms with E-state index in [1.54, 1.807) is 60.9 Å². The summed E-state index contributed by atoms with van der Waals surface area (Å²) in [6.45, 7) is 0.121. The van der Waals surface area contributed by atoms with Crippen molar-refractivity contribution in [2.45, 2.75) is 12.6 Å². The number of amides is 1. The zero-order chi connectivity index (χ0) is 23.5. The van der Waals surface area contributed by atoms with Crippen molar-refractivity contribution in [3.63, 3.8) is 0 Å². The quantitative estimate of drug-likeness (QED) is 0.339. The summed E-state index contributed by atoms with van der Waals surface area (Å²) < 4.78 is 10.4. The number of ether oxygens (including phenoxy) is 2. The molecule has 1 aliphatic heterocycles. The van der Waals surface area contributed by atoms with Crippen molar-refractivity contribution in [1.82, 2.24) is 9.88 Å². The Morgan fingerprint density at radius 1 is 1.03 bits per heavy atom. The number of benzene rings is 2. The molecule has 8 nitrogen and oxygen atoms in total. The molecule has 2 aromatic carbocycles. The Morgan fingerprint density at radius 3 is 2.48 bits per heavy atom. The number of phenols is 1. The molecule has 0 bridgehead atoms. The van der Waals surface area contributed by atoms with Gasteiger partial charge in [0.05, 0.1) is 25.8 Å². The maximum atomic E-state index is 13.1. The summed E-state index contributed by atoms with van der Waals surface area (Å²) >= 11 is 0. The highest BCUT2D eigenvalue weighted by Gasteiger charge is 2.46. The number of aliphatic hydroxyl groups is 1. The molecule has 0 aliphatic carbocycles. The van der Waals surface area contributed by atoms with Crippen LogP contribution in [0.4, 0.5) is 0 Å². The number of likely N-dealkylation sites (tertiary alicyclic amines) is 1. The first-order valence-electron chi connectivity index (χ1n) is 10.1. The molecule has 4 rings (SSSR count). The molecule has 1 atom stereocenters. The monoisotopic (exact) mass is 446 g/mol. The first-order chi connectivity index (χ1) is 15.9. The number of pyridine rings is 1. The minimum absolute atomic E-state index is 0.0601. The van der Waals surface area contributed by atoms with E-state index < -0.39 is 17.7 Å². The first kappa shape index (κ1) is 21.9. The SMILES string of the molecule is COc1cccc(C(O)=C2C(=O)C(=O)N(Cc3ccncc3)[C@@H]2c2ccc(O)c(OC)c2)c1. The topological polar surface area (TPSA) is 109 Å². The molecule has 1 fully saturated rings. The van der Waals surface area contributed by atoms with Gasteiger partial charge >= 0.3 is 0 Å². The van der Waals surface area contributed by atoms with Crippen molar-refractivity contribution >= 4 is 17.4 Å². The van der Waals surface area contributed by atoms with E-state index in [0.29, 0.717) is 16.9 Å². The second-order valence-electron chi connectivity index (χ2n) is 7.45. The number of ketones is 1. The van der Waals surface area contributed by atoms with Gasteiger partial charge in [-0.05, 0) is 47.5 Å². The number of Topliss-reactive ketones (excluding diaryl/α,β-unsaturated/α-hetero) is 1. The van der Waals surface area contributed by atoms with Crippen LogP contribution in [0.25, 0.3) is 5.76 Å². The number of hydrogen-bond acceptors (Lipinski definition) is 7. The van der Waals surface area contributed by atoms with Crippen molar-refractivity contribution in [1.29, 1.82) is 0 Å². The summed E-state index contributed by atoms with van der Waals surface area (Å²) in [6.07, 6.45) is 3.20. The van der Waals surface area contributed by atoms with Crippen LogP contribution in [-0.2, 0) is 16.1 Å². The van der Waals surface area contributed by atoms with Crippen LogP contribution in [0.15, 0.2) is 72.6 Å². The standard InChI is InChI=1S/C25H22N2O6/c1-32-18-5-3-4-17(12-18)23(29)21-22(16-6-7-19(28)20(13-16)33-2)27(25(31)24(21)30)14-15-8-10-26-11-9-15/h3-13,22,28-29H,14H2,1-2H3/t22-/m1/s1. The van der Waals surface area contributed by atoms with Gasteiger partial charge in [-0.1, -0.05) is 18.2 Å². The third-order valence-electron chi connectivity index (χ3n) is 5.50. The van der Waals surface area contributed by atoms with E-state index in [4.69, 9.17) is 9.47 Å². The van der Waals surface area contributed by atoms with Crippen LogP contribution in [0, 0.1) is 0 Å². The molecule has 0 radical (unpaired) electrons. The molecule has 2 N–H and O–H groups in total. The van der Waals surface area contributed by atoms with E-state index >= 15 is 0 Å². The molecule has 1 amide bonds. The Balaban J connectivity index is 1.90. The lowest BCUT2D eigenvalue weighted by Gasteiger charge is -2.26. The number of methoxy groups -OCH3 is 2. The van der Waals surface area contributed by atoms with Gasteiger partial charge in [-0.25, -0.2) is 0 Å². The Bertz CT molecular complexity index is 1240. The Morgan fingerprint density at radius 2 is 1.79 bits per heavy atom. The molecule has 1 aliphatic rings. The third kappa shape index (κ3) is 4.10. The lowest BCUT2D eigenvalue weighted by atomic mass is 9.94. The highest BCUT2D eigenvalue weighted by Crippen LogP contribution is 2.42. The highest BCUT2D eigenvalue weighted by molar-refractivity contribution is 6.46. The lowest BCUT2D eigenvalue weighted by Crippen LogP contribution is -2.29. The number of hydrogen-bond donors (Lipinski definition) is 2. The molecular formula is C25H22N2O6. The zero-order valence-corrected chi connectivity index (χ0v) is 18.1. The van der Waals surface area contributed by atoms with Gasteiger partial charge in [-0.3, -0.25) is 14.6 Å². The van der Waals surface area contributed by atoms with E-state index in [-0.39, 0.29) is 29.4 Å². The van der Waals surface area contributed by atoms with E-state index in [0.717, 1.165) is 5.56 Å². The van der Waals surface area contributed by atoms with Crippen molar-refractivity contribution in [2.24, 2.45) is 0 Å². The summed E-state index contributed by atoms with van der Waals surface area (Å²) in [5.41, 5.74) is 1.55. The smallest absolute Gasteiger partial charge is 0.295 e. The average molecular weight is 446 g/mol. The zero-order valence-electron chi connectivity index (χ0n) is 18.1. The Kier molecular flexibility index (Phi) is 5.99. The van der Waals surface area contributed by atoms with Crippen LogP contribution in [0.2, 0.25) is 0 Å². The molecule has 0 spiro atoms.